The van der Waals surface area contributed by atoms with Gasteiger partial charge in [0.2, 0.25) is 11.9 Å². The van der Waals surface area contributed by atoms with Crippen LogP contribution in [0.25, 0.3) is 11.0 Å². The number of hydrogen-bond acceptors (Lipinski definition) is 3. The predicted octanol–water partition coefficient (Wildman–Crippen LogP) is 5.23. The molecule has 1 aliphatic rings. The maximum atomic E-state index is 12.8. The van der Waals surface area contributed by atoms with Gasteiger partial charge in [-0.2, -0.15) is 0 Å². The molecular weight excluding hydrogens is 420 g/mol. The van der Waals surface area contributed by atoms with Crippen LogP contribution in [0.15, 0.2) is 72.8 Å². The van der Waals surface area contributed by atoms with Crippen molar-refractivity contribution in [3.63, 3.8) is 0 Å². The summed E-state index contributed by atoms with van der Waals surface area (Å²) in [5.74, 6) is 1.21. The lowest BCUT2D eigenvalue weighted by molar-refractivity contribution is -0.125. The summed E-state index contributed by atoms with van der Waals surface area (Å²) >= 11 is 0. The van der Waals surface area contributed by atoms with Crippen molar-refractivity contribution in [1.29, 1.82) is 0 Å². The second-order valence-electron chi connectivity index (χ2n) is 9.44. The van der Waals surface area contributed by atoms with Crippen molar-refractivity contribution in [2.75, 3.05) is 18.0 Å². The van der Waals surface area contributed by atoms with Crippen LogP contribution in [0.4, 0.5) is 5.95 Å². The number of anilines is 1. The third-order valence-electron chi connectivity index (χ3n) is 6.83. The van der Waals surface area contributed by atoms with Gasteiger partial charge in [0.05, 0.1) is 17.6 Å². The fourth-order valence-electron chi connectivity index (χ4n) is 4.72. The number of nitrogens with zero attached hydrogens (tertiary/aromatic N) is 3. The fraction of sp³-hybridized carbons (Fsp3) is 0.310. The van der Waals surface area contributed by atoms with E-state index in [1.165, 1.54) is 16.7 Å². The van der Waals surface area contributed by atoms with E-state index in [4.69, 9.17) is 4.98 Å². The molecule has 1 saturated heterocycles. The van der Waals surface area contributed by atoms with Crippen LogP contribution in [0.2, 0.25) is 0 Å². The lowest BCUT2D eigenvalue weighted by Crippen LogP contribution is -2.41. The average molecular weight is 453 g/mol. The zero-order valence-corrected chi connectivity index (χ0v) is 20.0. The lowest BCUT2D eigenvalue weighted by atomic mass is 9.96. The van der Waals surface area contributed by atoms with Gasteiger partial charge in [-0.3, -0.25) is 4.79 Å². The van der Waals surface area contributed by atoms with E-state index in [1.807, 2.05) is 6.07 Å². The number of fused-ring (bicyclic) bond motifs is 1. The normalized spacial score (nSPS) is 14.5. The van der Waals surface area contributed by atoms with Crippen molar-refractivity contribution in [2.24, 2.45) is 5.92 Å². The van der Waals surface area contributed by atoms with Crippen LogP contribution in [0.5, 0.6) is 0 Å². The van der Waals surface area contributed by atoms with Gasteiger partial charge in [0.25, 0.3) is 0 Å². The Morgan fingerprint density at radius 2 is 1.50 bits per heavy atom. The zero-order chi connectivity index (χ0) is 23.5. The summed E-state index contributed by atoms with van der Waals surface area (Å²) in [5, 5.41) is 3.13. The second-order valence-corrected chi connectivity index (χ2v) is 9.44. The molecule has 5 heteroatoms. The number of carbonyl (C=O) groups excluding carboxylic acids is 1. The van der Waals surface area contributed by atoms with Crippen molar-refractivity contribution >= 4 is 22.9 Å². The Hall–Kier alpha value is -3.60. The van der Waals surface area contributed by atoms with Crippen molar-refractivity contribution in [3.05, 3.63) is 95.1 Å². The number of aromatic nitrogens is 2. The molecule has 1 amide bonds. The minimum atomic E-state index is 0.0524. The maximum absolute atomic E-state index is 12.8. The summed E-state index contributed by atoms with van der Waals surface area (Å²) in [6.45, 7) is 7.23. The van der Waals surface area contributed by atoms with Crippen LogP contribution in [-0.4, -0.2) is 28.5 Å². The van der Waals surface area contributed by atoms with E-state index in [9.17, 15) is 4.79 Å². The molecule has 5 rings (SSSR count). The smallest absolute Gasteiger partial charge is 0.223 e. The Morgan fingerprint density at radius 1 is 0.882 bits per heavy atom. The van der Waals surface area contributed by atoms with E-state index in [-0.39, 0.29) is 11.8 Å². The number of nitrogens with one attached hydrogen (secondary N) is 1. The Labute approximate surface area is 201 Å². The van der Waals surface area contributed by atoms with Gasteiger partial charge in [-0.25, -0.2) is 4.98 Å². The van der Waals surface area contributed by atoms with Crippen molar-refractivity contribution in [1.82, 2.24) is 14.9 Å². The Bertz CT molecular complexity index is 1270. The van der Waals surface area contributed by atoms with Gasteiger partial charge in [-0.05, 0) is 49.9 Å². The average Bonchev–Trinajstić information content (AvgIpc) is 3.23. The molecule has 0 unspecified atom stereocenters. The lowest BCUT2D eigenvalue weighted by Gasteiger charge is -2.32. The minimum Gasteiger partial charge on any atom is -0.352 e. The maximum Gasteiger partial charge on any atom is 0.223 e. The molecule has 3 aromatic carbocycles. The highest BCUT2D eigenvalue weighted by molar-refractivity contribution is 5.80. The van der Waals surface area contributed by atoms with Crippen LogP contribution in [0, 0.1) is 19.8 Å². The molecule has 5 nitrogen and oxygen atoms in total. The zero-order valence-electron chi connectivity index (χ0n) is 20.0. The summed E-state index contributed by atoms with van der Waals surface area (Å²) in [7, 11) is 0. The number of benzene rings is 3. The van der Waals surface area contributed by atoms with Crippen molar-refractivity contribution in [3.8, 4) is 0 Å². The molecule has 0 saturated carbocycles. The van der Waals surface area contributed by atoms with Gasteiger partial charge >= 0.3 is 0 Å². The summed E-state index contributed by atoms with van der Waals surface area (Å²) in [6, 6.07) is 25.4. The van der Waals surface area contributed by atoms with E-state index in [0.29, 0.717) is 6.54 Å². The van der Waals surface area contributed by atoms with Gasteiger partial charge in [-0.1, -0.05) is 71.8 Å². The molecule has 0 bridgehead atoms. The molecule has 1 aliphatic heterocycles. The van der Waals surface area contributed by atoms with Gasteiger partial charge in [0.1, 0.15) is 0 Å². The summed E-state index contributed by atoms with van der Waals surface area (Å²) < 4.78 is 2.32. The fourth-order valence-corrected chi connectivity index (χ4v) is 4.72. The number of hydrogen-bond donors (Lipinski definition) is 1. The minimum absolute atomic E-state index is 0.0524. The first-order valence-electron chi connectivity index (χ1n) is 12.2. The highest BCUT2D eigenvalue weighted by Gasteiger charge is 2.27. The molecule has 1 fully saturated rings. The number of carbonyl (C=O) groups is 1. The number of rotatable bonds is 6. The Morgan fingerprint density at radius 3 is 2.18 bits per heavy atom. The van der Waals surface area contributed by atoms with Crippen molar-refractivity contribution in [2.45, 2.75) is 39.8 Å². The second kappa shape index (κ2) is 9.72. The SMILES string of the molecule is Cc1ccc(CNC(=O)C2CCN(c3nc4ccccc4n3Cc3ccc(C)cc3)CC2)cc1. The Balaban J connectivity index is 1.27. The van der Waals surface area contributed by atoms with E-state index < -0.39 is 0 Å². The van der Waals surface area contributed by atoms with E-state index >= 15 is 0 Å². The molecule has 0 spiro atoms. The number of amides is 1. The molecule has 2 heterocycles. The van der Waals surface area contributed by atoms with Crippen LogP contribution >= 0.6 is 0 Å². The molecular formula is C29H32N4O. The first-order chi connectivity index (χ1) is 16.6. The summed E-state index contributed by atoms with van der Waals surface area (Å²) in [4.78, 5) is 20.1. The number of imidazole rings is 1. The van der Waals surface area contributed by atoms with Gasteiger partial charge in [0.15, 0.2) is 0 Å². The third-order valence-corrected chi connectivity index (χ3v) is 6.83. The summed E-state index contributed by atoms with van der Waals surface area (Å²) in [6.07, 6.45) is 1.68. The molecule has 1 N–H and O–H groups in total. The van der Waals surface area contributed by atoms with Gasteiger partial charge in [-0.15, -0.1) is 0 Å². The first kappa shape index (κ1) is 22.2. The first-order valence-corrected chi connectivity index (χ1v) is 12.2. The van der Waals surface area contributed by atoms with E-state index in [2.05, 4.69) is 95.4 Å². The highest BCUT2D eigenvalue weighted by atomic mass is 16.1. The van der Waals surface area contributed by atoms with Crippen molar-refractivity contribution < 1.29 is 4.79 Å². The highest BCUT2D eigenvalue weighted by Crippen LogP contribution is 2.28. The largest absolute Gasteiger partial charge is 0.352 e. The van der Waals surface area contributed by atoms with Gasteiger partial charge < -0.3 is 14.8 Å². The molecule has 1 aromatic heterocycles. The van der Waals surface area contributed by atoms with Crippen LogP contribution in [0.1, 0.15) is 35.1 Å². The standard InChI is InChI=1S/C29H32N4O/c1-21-7-11-23(12-8-21)19-30-28(34)25-15-17-32(18-16-25)29-31-26-5-3-4-6-27(26)33(29)20-24-13-9-22(2)10-14-24/h3-14,25H,15-20H2,1-2H3,(H,30,34). The molecule has 174 valence electrons. The molecule has 0 atom stereocenters. The molecule has 0 aliphatic carbocycles. The topological polar surface area (TPSA) is 50.2 Å². The quantitative estimate of drug-likeness (QED) is 0.436. The van der Waals surface area contributed by atoms with Crippen LogP contribution in [0.3, 0.4) is 0 Å². The number of piperidine rings is 1. The number of para-hydroxylation sites is 2. The molecule has 0 radical (unpaired) electrons. The van der Waals surface area contributed by atoms with Crippen LogP contribution < -0.4 is 10.2 Å². The predicted molar refractivity (Wildman–Crippen MR) is 138 cm³/mol. The molecule has 34 heavy (non-hydrogen) atoms. The third kappa shape index (κ3) is 4.84. The van der Waals surface area contributed by atoms with E-state index in [0.717, 1.165) is 55.0 Å². The monoisotopic (exact) mass is 452 g/mol. The molecule has 4 aromatic rings. The summed E-state index contributed by atoms with van der Waals surface area (Å²) in [5.41, 5.74) is 7.07. The van der Waals surface area contributed by atoms with Crippen LogP contribution in [-0.2, 0) is 17.9 Å². The Kier molecular flexibility index (Phi) is 6.35. The van der Waals surface area contributed by atoms with E-state index in [1.54, 1.807) is 0 Å². The van der Waals surface area contributed by atoms with Gasteiger partial charge in [0, 0.05) is 25.6 Å². The number of aryl methyl sites for hydroxylation is 2.